The van der Waals surface area contributed by atoms with Crippen molar-refractivity contribution in [3.05, 3.63) is 58.9 Å². The predicted octanol–water partition coefficient (Wildman–Crippen LogP) is 1.31. The van der Waals surface area contributed by atoms with Crippen LogP contribution in [0.2, 0.25) is 0 Å². The van der Waals surface area contributed by atoms with E-state index >= 15 is 0 Å². The second-order valence-electron chi connectivity index (χ2n) is 4.46. The summed E-state index contributed by atoms with van der Waals surface area (Å²) in [5, 5.41) is 14.5. The van der Waals surface area contributed by atoms with Crippen LogP contribution in [-0.2, 0) is 13.1 Å². The second kappa shape index (κ2) is 6.76. The van der Waals surface area contributed by atoms with Gasteiger partial charge in [0.25, 0.3) is 0 Å². The average Bonchev–Trinajstić information content (AvgIpc) is 2.48. The molecule has 0 fully saturated rings. The van der Waals surface area contributed by atoms with E-state index in [1.54, 1.807) is 24.4 Å². The van der Waals surface area contributed by atoms with Crippen molar-refractivity contribution in [2.24, 2.45) is 10.9 Å². The third kappa shape index (κ3) is 3.73. The minimum atomic E-state index is -0.501. The molecule has 6 nitrogen and oxygen atoms in total. The van der Waals surface area contributed by atoms with Gasteiger partial charge < -0.3 is 16.3 Å². The van der Waals surface area contributed by atoms with Crippen molar-refractivity contribution < 1.29 is 9.60 Å². The Bertz CT molecular complexity index is 660. The molecule has 110 valence electrons. The van der Waals surface area contributed by atoms with Gasteiger partial charge in [-0.1, -0.05) is 17.3 Å². The van der Waals surface area contributed by atoms with Crippen LogP contribution >= 0.6 is 0 Å². The third-order valence-corrected chi connectivity index (χ3v) is 2.92. The van der Waals surface area contributed by atoms with Crippen LogP contribution in [0.25, 0.3) is 0 Å². The van der Waals surface area contributed by atoms with E-state index in [1.807, 2.05) is 6.92 Å². The number of oxime groups is 1. The first-order valence-corrected chi connectivity index (χ1v) is 6.36. The molecule has 0 unspecified atom stereocenters. The summed E-state index contributed by atoms with van der Waals surface area (Å²) >= 11 is 0. The number of nitrogens with one attached hydrogen (secondary N) is 1. The van der Waals surface area contributed by atoms with Gasteiger partial charge in [0.15, 0.2) is 5.84 Å². The first kappa shape index (κ1) is 14.9. The zero-order valence-electron chi connectivity index (χ0n) is 11.5. The van der Waals surface area contributed by atoms with E-state index in [0.717, 1.165) is 5.69 Å². The molecule has 1 aromatic carbocycles. The smallest absolute Gasteiger partial charge is 0.173 e. The maximum absolute atomic E-state index is 14.2. The SMILES string of the molecule is Cc1nccc(CNCc2cccc(/C(N)=N/O)c2F)n1. The van der Waals surface area contributed by atoms with E-state index in [-0.39, 0.29) is 11.4 Å². The molecule has 0 aliphatic carbocycles. The standard InChI is InChI=1S/C14H16FN5O/c1-9-18-6-5-11(19-9)8-17-7-10-3-2-4-12(13(10)15)14(16)20-21/h2-6,17,21H,7-8H2,1H3,(H2,16,20). The lowest BCUT2D eigenvalue weighted by Crippen LogP contribution is -2.19. The Hall–Kier alpha value is -2.54. The van der Waals surface area contributed by atoms with Gasteiger partial charge in [-0.3, -0.25) is 0 Å². The Kier molecular flexibility index (Phi) is 4.78. The lowest BCUT2D eigenvalue weighted by Gasteiger charge is -2.08. The van der Waals surface area contributed by atoms with E-state index in [4.69, 9.17) is 10.9 Å². The summed E-state index contributed by atoms with van der Waals surface area (Å²) in [6.07, 6.45) is 1.68. The Labute approximate surface area is 121 Å². The fourth-order valence-electron chi connectivity index (χ4n) is 1.90. The van der Waals surface area contributed by atoms with Crippen LogP contribution < -0.4 is 11.1 Å². The molecule has 21 heavy (non-hydrogen) atoms. The summed E-state index contributed by atoms with van der Waals surface area (Å²) in [5.74, 6) is -0.0608. The van der Waals surface area contributed by atoms with Crippen LogP contribution in [0, 0.1) is 12.7 Å². The topological polar surface area (TPSA) is 96.4 Å². The molecule has 0 saturated heterocycles. The molecular formula is C14H16FN5O. The molecule has 0 saturated carbocycles. The molecule has 0 spiro atoms. The van der Waals surface area contributed by atoms with Gasteiger partial charge in [0.2, 0.25) is 0 Å². The van der Waals surface area contributed by atoms with Crippen LogP contribution in [-0.4, -0.2) is 21.0 Å². The van der Waals surface area contributed by atoms with Gasteiger partial charge in [-0.2, -0.15) is 0 Å². The predicted molar refractivity (Wildman–Crippen MR) is 76.2 cm³/mol. The highest BCUT2D eigenvalue weighted by molar-refractivity contribution is 5.97. The number of amidine groups is 1. The summed E-state index contributed by atoms with van der Waals surface area (Å²) < 4.78 is 14.2. The van der Waals surface area contributed by atoms with E-state index in [1.165, 1.54) is 6.07 Å². The van der Waals surface area contributed by atoms with Gasteiger partial charge in [-0.15, -0.1) is 0 Å². The summed E-state index contributed by atoms with van der Waals surface area (Å²) in [5.41, 5.74) is 6.77. The molecule has 0 atom stereocenters. The number of halogens is 1. The largest absolute Gasteiger partial charge is 0.409 e. The summed E-state index contributed by atoms with van der Waals surface area (Å²) in [7, 11) is 0. The minimum Gasteiger partial charge on any atom is -0.409 e. The normalized spacial score (nSPS) is 11.6. The quantitative estimate of drug-likeness (QED) is 0.334. The summed E-state index contributed by atoms with van der Waals surface area (Å²) in [6.45, 7) is 2.61. The van der Waals surface area contributed by atoms with E-state index in [0.29, 0.717) is 24.5 Å². The highest BCUT2D eigenvalue weighted by Gasteiger charge is 2.11. The van der Waals surface area contributed by atoms with E-state index < -0.39 is 5.82 Å². The second-order valence-corrected chi connectivity index (χ2v) is 4.46. The molecule has 1 heterocycles. The number of aryl methyl sites for hydroxylation is 1. The molecule has 0 aliphatic heterocycles. The number of rotatable bonds is 5. The molecule has 7 heteroatoms. The van der Waals surface area contributed by atoms with Crippen LogP contribution in [0.5, 0.6) is 0 Å². The average molecular weight is 289 g/mol. The van der Waals surface area contributed by atoms with Crippen molar-refractivity contribution >= 4 is 5.84 Å². The van der Waals surface area contributed by atoms with Crippen molar-refractivity contribution in [2.45, 2.75) is 20.0 Å². The first-order valence-electron chi connectivity index (χ1n) is 6.36. The molecule has 1 aromatic heterocycles. The van der Waals surface area contributed by atoms with E-state index in [2.05, 4.69) is 20.4 Å². The van der Waals surface area contributed by atoms with Gasteiger partial charge in [-0.05, 0) is 19.1 Å². The fourth-order valence-corrected chi connectivity index (χ4v) is 1.90. The maximum Gasteiger partial charge on any atom is 0.173 e. The molecule has 2 rings (SSSR count). The van der Waals surface area contributed by atoms with Gasteiger partial charge >= 0.3 is 0 Å². The lowest BCUT2D eigenvalue weighted by molar-refractivity contribution is 0.318. The number of nitrogens with two attached hydrogens (primary N) is 1. The van der Waals surface area contributed by atoms with Crippen molar-refractivity contribution in [3.8, 4) is 0 Å². The lowest BCUT2D eigenvalue weighted by atomic mass is 10.1. The highest BCUT2D eigenvalue weighted by Crippen LogP contribution is 2.13. The van der Waals surface area contributed by atoms with Crippen molar-refractivity contribution in [1.29, 1.82) is 0 Å². The molecule has 4 N–H and O–H groups in total. The Balaban J connectivity index is 2.04. The van der Waals surface area contributed by atoms with Crippen LogP contribution in [0.4, 0.5) is 4.39 Å². The Morgan fingerprint density at radius 3 is 2.90 bits per heavy atom. The summed E-state index contributed by atoms with van der Waals surface area (Å²) in [4.78, 5) is 8.26. The van der Waals surface area contributed by atoms with Crippen LogP contribution in [0.1, 0.15) is 22.6 Å². The van der Waals surface area contributed by atoms with Crippen LogP contribution in [0.3, 0.4) is 0 Å². The minimum absolute atomic E-state index is 0.0784. The fraction of sp³-hybridized carbons (Fsp3) is 0.214. The Morgan fingerprint density at radius 1 is 1.38 bits per heavy atom. The molecule has 0 amide bonds. The highest BCUT2D eigenvalue weighted by atomic mass is 19.1. The molecule has 2 aromatic rings. The number of nitrogens with zero attached hydrogens (tertiary/aromatic N) is 3. The molecular weight excluding hydrogens is 273 g/mol. The first-order chi connectivity index (χ1) is 10.1. The third-order valence-electron chi connectivity index (χ3n) is 2.92. The monoisotopic (exact) mass is 289 g/mol. The number of benzene rings is 1. The van der Waals surface area contributed by atoms with E-state index in [9.17, 15) is 4.39 Å². The number of aromatic nitrogens is 2. The molecule has 0 radical (unpaired) electrons. The Morgan fingerprint density at radius 2 is 2.19 bits per heavy atom. The summed E-state index contributed by atoms with van der Waals surface area (Å²) in [6, 6.07) is 6.55. The van der Waals surface area contributed by atoms with Gasteiger partial charge in [-0.25, -0.2) is 14.4 Å². The van der Waals surface area contributed by atoms with Gasteiger partial charge in [0.05, 0.1) is 11.3 Å². The zero-order chi connectivity index (χ0) is 15.2. The van der Waals surface area contributed by atoms with Crippen molar-refractivity contribution in [1.82, 2.24) is 15.3 Å². The number of hydrogen-bond donors (Lipinski definition) is 3. The van der Waals surface area contributed by atoms with Gasteiger partial charge in [0, 0.05) is 24.8 Å². The van der Waals surface area contributed by atoms with Crippen molar-refractivity contribution in [3.63, 3.8) is 0 Å². The van der Waals surface area contributed by atoms with Crippen LogP contribution in [0.15, 0.2) is 35.6 Å². The van der Waals surface area contributed by atoms with Gasteiger partial charge in [0.1, 0.15) is 11.6 Å². The number of hydrogen-bond acceptors (Lipinski definition) is 5. The zero-order valence-corrected chi connectivity index (χ0v) is 11.5. The maximum atomic E-state index is 14.2. The molecule has 0 bridgehead atoms. The molecule has 0 aliphatic rings. The van der Waals surface area contributed by atoms with Crippen molar-refractivity contribution in [2.75, 3.05) is 0 Å².